The minimum absolute atomic E-state index is 0.403. The van der Waals surface area contributed by atoms with Gasteiger partial charge in [0, 0.05) is 12.1 Å². The predicted octanol–water partition coefficient (Wildman–Crippen LogP) is -3.12. The molecule has 0 fully saturated rings. The van der Waals surface area contributed by atoms with Crippen molar-refractivity contribution in [1.82, 2.24) is 11.1 Å². The maximum atomic E-state index is 11.2. The van der Waals surface area contributed by atoms with Crippen LogP contribution in [-0.2, 0) is 0 Å². The van der Waals surface area contributed by atoms with Crippen molar-refractivity contribution >= 4 is 5.69 Å². The molecular formula is C6H11N5O2. The van der Waals surface area contributed by atoms with Gasteiger partial charge in [-0.2, -0.15) is 11.1 Å². The Hall–Kier alpha value is -1.06. The summed E-state index contributed by atoms with van der Waals surface area (Å²) >= 11 is 0. The second-order valence-corrected chi connectivity index (χ2v) is 2.31. The number of hydrogen-bond donors (Lipinski definition) is 5. The van der Waals surface area contributed by atoms with Crippen molar-refractivity contribution in [3.63, 3.8) is 0 Å². The van der Waals surface area contributed by atoms with E-state index >= 15 is 0 Å². The number of nitrogens with one attached hydrogen (secondary N) is 4. The molecule has 72 valence electrons. The first kappa shape index (κ1) is 10.0. The van der Waals surface area contributed by atoms with E-state index in [1.54, 1.807) is 30.3 Å². The quantitative estimate of drug-likeness (QED) is 0.252. The number of hydrazine groups is 1. The molecule has 2 atom stereocenters. The first-order valence-corrected chi connectivity index (χ1v) is 3.61. The molecular weight excluding hydrogens is 174 g/mol. The van der Waals surface area contributed by atoms with Crippen molar-refractivity contribution in [3.05, 3.63) is 40.7 Å². The highest BCUT2D eigenvalue weighted by Crippen LogP contribution is 1.96. The summed E-state index contributed by atoms with van der Waals surface area (Å²) in [7, 11) is 0. The number of benzene rings is 1. The minimum atomic E-state index is -0.802. The Morgan fingerprint density at radius 1 is 1.08 bits per heavy atom. The van der Waals surface area contributed by atoms with Gasteiger partial charge in [0.1, 0.15) is 0 Å². The smallest absolute Gasteiger partial charge is 0.151 e. The number of quaternary nitrogens is 2. The Kier molecular flexibility index (Phi) is 3.73. The van der Waals surface area contributed by atoms with E-state index in [4.69, 9.17) is 5.84 Å². The largest absolute Gasteiger partial charge is 0.607 e. The van der Waals surface area contributed by atoms with Crippen LogP contribution in [0.2, 0.25) is 0 Å². The molecule has 0 aliphatic rings. The van der Waals surface area contributed by atoms with Gasteiger partial charge in [-0.3, -0.25) is 0 Å². The van der Waals surface area contributed by atoms with Gasteiger partial charge in [0.15, 0.2) is 5.69 Å². The molecule has 7 heteroatoms. The van der Waals surface area contributed by atoms with Crippen LogP contribution in [-0.4, -0.2) is 0 Å². The van der Waals surface area contributed by atoms with Crippen molar-refractivity contribution < 1.29 is 10.5 Å². The normalized spacial score (nSPS) is 15.3. The van der Waals surface area contributed by atoms with E-state index in [0.29, 0.717) is 5.69 Å². The van der Waals surface area contributed by atoms with E-state index in [2.05, 4.69) is 5.53 Å². The lowest BCUT2D eigenvalue weighted by atomic mass is 10.3. The van der Waals surface area contributed by atoms with Gasteiger partial charge in [0.2, 0.25) is 0 Å². The maximum absolute atomic E-state index is 11.2. The average Bonchev–Trinajstić information content (AvgIpc) is 2.15. The van der Waals surface area contributed by atoms with Gasteiger partial charge < -0.3 is 10.4 Å². The maximum Gasteiger partial charge on any atom is 0.151 e. The minimum Gasteiger partial charge on any atom is -0.607 e. The van der Waals surface area contributed by atoms with E-state index in [-0.39, 0.29) is 0 Å². The van der Waals surface area contributed by atoms with Gasteiger partial charge in [0.25, 0.3) is 0 Å². The molecule has 6 N–H and O–H groups in total. The highest BCUT2D eigenvalue weighted by molar-refractivity contribution is 5.27. The third-order valence-electron chi connectivity index (χ3n) is 1.34. The average molecular weight is 185 g/mol. The number of hydrogen-bond acceptors (Lipinski definition) is 5. The highest BCUT2D eigenvalue weighted by Gasteiger charge is 2.00. The Morgan fingerprint density at radius 3 is 2.23 bits per heavy atom. The van der Waals surface area contributed by atoms with Crippen LogP contribution in [0.5, 0.6) is 0 Å². The Balaban J connectivity index is 2.44. The van der Waals surface area contributed by atoms with E-state index in [1.807, 2.05) is 5.53 Å². The van der Waals surface area contributed by atoms with Crippen LogP contribution in [0.1, 0.15) is 0 Å². The van der Waals surface area contributed by atoms with Gasteiger partial charge in [-0.15, -0.1) is 0 Å². The van der Waals surface area contributed by atoms with Crippen LogP contribution in [0.15, 0.2) is 30.3 Å². The highest BCUT2D eigenvalue weighted by atomic mass is 16.6. The van der Waals surface area contributed by atoms with E-state index < -0.39 is 10.5 Å². The lowest BCUT2D eigenvalue weighted by Gasteiger charge is -2.23. The van der Waals surface area contributed by atoms with Gasteiger partial charge in [-0.05, 0) is 11.1 Å². The SMILES string of the molecule is N[NH+]([O-])NN[NH+]([O-])c1ccccc1. The van der Waals surface area contributed by atoms with Gasteiger partial charge in [0.05, 0.1) is 0 Å². The van der Waals surface area contributed by atoms with Gasteiger partial charge >= 0.3 is 0 Å². The van der Waals surface area contributed by atoms with Crippen molar-refractivity contribution in [2.75, 3.05) is 0 Å². The fraction of sp³-hybridized carbons (Fsp3) is 0. The van der Waals surface area contributed by atoms with Crippen LogP contribution >= 0.6 is 0 Å². The molecule has 0 amide bonds. The van der Waals surface area contributed by atoms with Crippen LogP contribution in [0.4, 0.5) is 5.69 Å². The molecule has 13 heavy (non-hydrogen) atoms. The third kappa shape index (κ3) is 3.44. The molecule has 0 saturated heterocycles. The Morgan fingerprint density at radius 2 is 1.69 bits per heavy atom. The summed E-state index contributed by atoms with van der Waals surface area (Å²) in [6.45, 7) is 0. The summed E-state index contributed by atoms with van der Waals surface area (Å²) in [6, 6.07) is 8.48. The van der Waals surface area contributed by atoms with Crippen LogP contribution < -0.4 is 27.4 Å². The molecule has 0 aliphatic carbocycles. The zero-order valence-electron chi connectivity index (χ0n) is 6.78. The first-order chi connectivity index (χ1) is 6.20. The van der Waals surface area contributed by atoms with Crippen LogP contribution in [0.3, 0.4) is 0 Å². The lowest BCUT2D eigenvalue weighted by molar-refractivity contribution is -0.968. The monoisotopic (exact) mass is 185 g/mol. The summed E-state index contributed by atoms with van der Waals surface area (Å²) in [4.78, 5) is 0. The van der Waals surface area contributed by atoms with Gasteiger partial charge in [-0.1, -0.05) is 18.2 Å². The van der Waals surface area contributed by atoms with Crippen molar-refractivity contribution in [2.24, 2.45) is 5.84 Å². The van der Waals surface area contributed by atoms with E-state index in [1.165, 1.54) is 0 Å². The second kappa shape index (κ2) is 4.84. The molecule has 7 nitrogen and oxygen atoms in total. The fourth-order valence-electron chi connectivity index (χ4n) is 0.780. The molecule has 0 saturated carbocycles. The topological polar surface area (TPSA) is 105 Å². The molecule has 0 spiro atoms. The zero-order chi connectivity index (χ0) is 9.68. The number of rotatable bonds is 4. The fourth-order valence-corrected chi connectivity index (χ4v) is 0.780. The molecule has 0 radical (unpaired) electrons. The van der Waals surface area contributed by atoms with E-state index in [9.17, 15) is 10.4 Å². The van der Waals surface area contributed by atoms with Crippen molar-refractivity contribution in [2.45, 2.75) is 0 Å². The number of para-hydroxylation sites is 1. The Bertz CT molecular complexity index is 242. The molecule has 2 unspecified atom stereocenters. The molecule has 1 aromatic rings. The molecule has 1 rings (SSSR count). The lowest BCUT2D eigenvalue weighted by Crippen LogP contribution is -3.28. The molecule has 1 aromatic carbocycles. The van der Waals surface area contributed by atoms with Crippen molar-refractivity contribution in [1.29, 1.82) is 0 Å². The Labute approximate surface area is 74.8 Å². The summed E-state index contributed by atoms with van der Waals surface area (Å²) in [5.41, 5.74) is 4.57. The van der Waals surface area contributed by atoms with Crippen molar-refractivity contribution in [3.8, 4) is 0 Å². The second-order valence-electron chi connectivity index (χ2n) is 2.31. The third-order valence-corrected chi connectivity index (χ3v) is 1.34. The summed E-state index contributed by atoms with van der Waals surface area (Å²) in [6.07, 6.45) is 0. The van der Waals surface area contributed by atoms with Gasteiger partial charge in [-0.25, -0.2) is 5.17 Å². The predicted molar refractivity (Wildman–Crippen MR) is 45.2 cm³/mol. The standard InChI is InChI=1S/C6H11N5O2/c7-11(13)9-8-10(12)6-4-2-1-3-5-6/h1-5,8-11H,7H2. The summed E-state index contributed by atoms with van der Waals surface area (Å²) < 4.78 is 0. The molecule has 0 bridgehead atoms. The number of nitrogens with two attached hydrogens (primary N) is 1. The molecule has 0 heterocycles. The summed E-state index contributed by atoms with van der Waals surface area (Å²) in [5.74, 6) is 4.75. The van der Waals surface area contributed by atoms with Crippen LogP contribution in [0, 0.1) is 10.4 Å². The molecule has 0 aliphatic heterocycles. The first-order valence-electron chi connectivity index (χ1n) is 3.61. The molecule has 0 aromatic heterocycles. The summed E-state index contributed by atoms with van der Waals surface area (Å²) in [5, 5.41) is 20.2. The zero-order valence-corrected chi connectivity index (χ0v) is 6.78. The van der Waals surface area contributed by atoms with E-state index in [0.717, 1.165) is 0 Å². The van der Waals surface area contributed by atoms with Crippen LogP contribution in [0.25, 0.3) is 0 Å².